The van der Waals surface area contributed by atoms with E-state index in [1.165, 1.54) is 11.1 Å². The van der Waals surface area contributed by atoms with Gasteiger partial charge in [0.1, 0.15) is 5.75 Å². The number of piperidine rings is 1. The van der Waals surface area contributed by atoms with E-state index in [-0.39, 0.29) is 11.8 Å². The van der Waals surface area contributed by atoms with E-state index < -0.39 is 11.6 Å². The van der Waals surface area contributed by atoms with Gasteiger partial charge in [0.2, 0.25) is 5.91 Å². The summed E-state index contributed by atoms with van der Waals surface area (Å²) in [5, 5.41) is 9.38. The van der Waals surface area contributed by atoms with E-state index in [9.17, 15) is 14.7 Å². The Hall–Kier alpha value is -3.02. The number of anilines is 1. The number of nitrogens with zero attached hydrogens (tertiary/aromatic N) is 2. The normalized spacial score (nSPS) is 18.4. The molecule has 0 aromatic heterocycles. The van der Waals surface area contributed by atoms with Gasteiger partial charge in [-0.1, -0.05) is 44.2 Å². The largest absolute Gasteiger partial charge is 0.478 e. The molecule has 1 saturated carbocycles. The van der Waals surface area contributed by atoms with Gasteiger partial charge in [-0.15, -0.1) is 0 Å². The average molecular weight is 479 g/mol. The molecule has 1 aliphatic heterocycles. The minimum absolute atomic E-state index is 0.0423. The third-order valence-electron chi connectivity index (χ3n) is 7.11. The fraction of sp³-hybridized carbons (Fsp3) is 0.517. The third-order valence-corrected chi connectivity index (χ3v) is 7.11. The van der Waals surface area contributed by atoms with Gasteiger partial charge in [0.05, 0.1) is 5.92 Å². The van der Waals surface area contributed by atoms with Crippen LogP contribution in [0, 0.1) is 5.92 Å². The molecule has 1 atom stereocenters. The summed E-state index contributed by atoms with van der Waals surface area (Å²) in [6.45, 7) is 9.68. The number of aliphatic carboxylic acids is 1. The van der Waals surface area contributed by atoms with Gasteiger partial charge < -0.3 is 19.6 Å². The minimum atomic E-state index is -1.31. The molecule has 0 bridgehead atoms. The lowest BCUT2D eigenvalue weighted by atomic mass is 9.95. The zero-order valence-electron chi connectivity index (χ0n) is 21.4. The van der Waals surface area contributed by atoms with Gasteiger partial charge in [-0.3, -0.25) is 4.79 Å². The van der Waals surface area contributed by atoms with Crippen LogP contribution >= 0.6 is 0 Å². The molecule has 188 valence electrons. The quantitative estimate of drug-likeness (QED) is 0.518. The first-order valence-corrected chi connectivity index (χ1v) is 12.8. The number of ether oxygens (including phenoxy) is 1. The Morgan fingerprint density at radius 1 is 1.11 bits per heavy atom. The van der Waals surface area contributed by atoms with Crippen molar-refractivity contribution < 1.29 is 19.4 Å². The van der Waals surface area contributed by atoms with Crippen molar-refractivity contribution in [3.8, 4) is 5.75 Å². The molecular formula is C29H38N2O4. The van der Waals surface area contributed by atoms with Crippen molar-refractivity contribution in [1.29, 1.82) is 0 Å². The lowest BCUT2D eigenvalue weighted by Gasteiger charge is -2.36. The Bertz CT molecular complexity index is 1040. The van der Waals surface area contributed by atoms with E-state index >= 15 is 0 Å². The van der Waals surface area contributed by atoms with Gasteiger partial charge in [-0.25, -0.2) is 4.79 Å². The zero-order valence-corrected chi connectivity index (χ0v) is 21.4. The Morgan fingerprint density at radius 3 is 2.46 bits per heavy atom. The van der Waals surface area contributed by atoms with Crippen molar-refractivity contribution in [1.82, 2.24) is 4.90 Å². The molecule has 1 N–H and O–H groups in total. The maximum Gasteiger partial charge on any atom is 0.347 e. The highest BCUT2D eigenvalue weighted by Crippen LogP contribution is 2.33. The first-order chi connectivity index (χ1) is 16.6. The van der Waals surface area contributed by atoms with Gasteiger partial charge in [0, 0.05) is 37.4 Å². The number of carboxylic acid groups (broad SMARTS) is 1. The smallest absolute Gasteiger partial charge is 0.347 e. The van der Waals surface area contributed by atoms with Crippen molar-refractivity contribution in [2.24, 2.45) is 5.92 Å². The molecule has 1 saturated heterocycles. The van der Waals surface area contributed by atoms with Crippen molar-refractivity contribution in [2.75, 3.05) is 18.0 Å². The van der Waals surface area contributed by atoms with Gasteiger partial charge in [-0.2, -0.15) is 0 Å². The standard InChI is InChI=1S/C29H38N2O4/c1-20(2)22-12-10-21(11-13-22)18-31(24-14-15-24)27(32)23-7-6-16-30(19-23)25-8-5-9-26(17-25)35-29(3,4)28(33)34/h5,8-13,17,20,23-24H,6-7,14-16,18-19H2,1-4H3,(H,33,34)/t23-/m0/s1. The lowest BCUT2D eigenvalue weighted by Crippen LogP contribution is -2.45. The van der Waals surface area contributed by atoms with E-state index in [0.717, 1.165) is 37.9 Å². The summed E-state index contributed by atoms with van der Waals surface area (Å²) >= 11 is 0. The number of amides is 1. The van der Waals surface area contributed by atoms with E-state index in [1.807, 2.05) is 18.2 Å². The topological polar surface area (TPSA) is 70.1 Å². The lowest BCUT2D eigenvalue weighted by molar-refractivity contribution is -0.152. The first kappa shape index (κ1) is 25.1. The van der Waals surface area contributed by atoms with Gasteiger partial charge >= 0.3 is 5.97 Å². The van der Waals surface area contributed by atoms with Crippen LogP contribution in [-0.4, -0.2) is 46.6 Å². The van der Waals surface area contributed by atoms with E-state index in [1.54, 1.807) is 19.9 Å². The summed E-state index contributed by atoms with van der Waals surface area (Å²) in [5.74, 6) is 0.222. The van der Waals surface area contributed by atoms with Gasteiger partial charge in [-0.05, 0) is 68.7 Å². The monoisotopic (exact) mass is 478 g/mol. The average Bonchev–Trinajstić information content (AvgIpc) is 3.68. The summed E-state index contributed by atoms with van der Waals surface area (Å²) in [6.07, 6.45) is 4.02. The summed E-state index contributed by atoms with van der Waals surface area (Å²) in [7, 11) is 0. The third kappa shape index (κ3) is 6.16. The highest BCUT2D eigenvalue weighted by molar-refractivity contribution is 5.80. The fourth-order valence-electron chi connectivity index (χ4n) is 4.71. The zero-order chi connectivity index (χ0) is 25.2. The van der Waals surface area contributed by atoms with Gasteiger partial charge in [0.25, 0.3) is 0 Å². The minimum Gasteiger partial charge on any atom is -0.478 e. The van der Waals surface area contributed by atoms with E-state index in [0.29, 0.717) is 30.8 Å². The number of carboxylic acids is 1. The molecule has 35 heavy (non-hydrogen) atoms. The molecule has 2 fully saturated rings. The van der Waals surface area contributed by atoms with E-state index in [2.05, 4.69) is 47.9 Å². The molecule has 2 aromatic carbocycles. The van der Waals surface area contributed by atoms with Crippen LogP contribution in [0.5, 0.6) is 5.75 Å². The van der Waals surface area contributed by atoms with Crippen LogP contribution in [0.1, 0.15) is 70.4 Å². The second-order valence-corrected chi connectivity index (χ2v) is 10.8. The maximum absolute atomic E-state index is 13.7. The number of carbonyl (C=O) groups excluding carboxylic acids is 1. The van der Waals surface area contributed by atoms with Gasteiger partial charge in [0.15, 0.2) is 5.60 Å². The SMILES string of the molecule is CC(C)c1ccc(CN(C(=O)[C@H]2CCCN(c3cccc(OC(C)(C)C(=O)O)c3)C2)C2CC2)cc1. The number of rotatable bonds is 9. The Morgan fingerprint density at radius 2 is 1.83 bits per heavy atom. The molecule has 1 amide bonds. The molecule has 4 rings (SSSR count). The van der Waals surface area contributed by atoms with Crippen LogP contribution in [0.25, 0.3) is 0 Å². The molecule has 6 heteroatoms. The maximum atomic E-state index is 13.7. The number of hydrogen-bond donors (Lipinski definition) is 1. The second-order valence-electron chi connectivity index (χ2n) is 10.8. The predicted molar refractivity (Wildman–Crippen MR) is 138 cm³/mol. The summed E-state index contributed by atoms with van der Waals surface area (Å²) in [4.78, 5) is 29.5. The Labute approximate surface area is 208 Å². The van der Waals surface area contributed by atoms with Crippen molar-refractivity contribution >= 4 is 17.6 Å². The summed E-state index contributed by atoms with van der Waals surface area (Å²) < 4.78 is 5.74. The number of carbonyl (C=O) groups is 2. The summed E-state index contributed by atoms with van der Waals surface area (Å²) in [6, 6.07) is 16.6. The Kier molecular flexibility index (Phi) is 7.39. The second kappa shape index (κ2) is 10.3. The van der Waals surface area contributed by atoms with Crippen LogP contribution in [0.2, 0.25) is 0 Å². The van der Waals surface area contributed by atoms with Crippen molar-refractivity contribution in [2.45, 2.75) is 77.5 Å². The Balaban J connectivity index is 1.44. The predicted octanol–water partition coefficient (Wildman–Crippen LogP) is 5.46. The molecule has 1 aliphatic carbocycles. The van der Waals surface area contributed by atoms with Crippen LogP contribution < -0.4 is 9.64 Å². The van der Waals surface area contributed by atoms with Crippen LogP contribution in [0.3, 0.4) is 0 Å². The molecule has 6 nitrogen and oxygen atoms in total. The van der Waals surface area contributed by atoms with Crippen LogP contribution in [0.15, 0.2) is 48.5 Å². The molecule has 2 aliphatic rings. The number of benzene rings is 2. The highest BCUT2D eigenvalue weighted by atomic mass is 16.5. The fourth-order valence-corrected chi connectivity index (χ4v) is 4.71. The molecule has 2 aromatic rings. The highest BCUT2D eigenvalue weighted by Gasteiger charge is 2.37. The van der Waals surface area contributed by atoms with Crippen molar-refractivity contribution in [3.63, 3.8) is 0 Å². The van der Waals surface area contributed by atoms with Crippen molar-refractivity contribution in [3.05, 3.63) is 59.7 Å². The summed E-state index contributed by atoms with van der Waals surface area (Å²) in [5.41, 5.74) is 2.16. The molecule has 0 radical (unpaired) electrons. The van der Waals surface area contributed by atoms with Crippen LogP contribution in [-0.2, 0) is 16.1 Å². The molecule has 0 unspecified atom stereocenters. The first-order valence-electron chi connectivity index (χ1n) is 12.8. The number of hydrogen-bond acceptors (Lipinski definition) is 4. The molecular weight excluding hydrogens is 440 g/mol. The van der Waals surface area contributed by atoms with E-state index in [4.69, 9.17) is 4.74 Å². The molecule has 0 spiro atoms. The molecule has 1 heterocycles. The van der Waals surface area contributed by atoms with Crippen LogP contribution in [0.4, 0.5) is 5.69 Å².